The van der Waals surface area contributed by atoms with Crippen LogP contribution in [0.25, 0.3) is 0 Å². The standard InChI is InChI=1S/C25H24N4/c1-19-8-14-25(15-9-19)29(2)18-24-13-11-22(28-24)16-21-10-12-23(27-21)17-26-20-6-4-3-5-7-20/h3-15,17-18H,16H2,1-2H3,(H,26,27)/p+1. The number of aromatic nitrogens is 2. The average Bonchev–Trinajstić information content (AvgIpc) is 3.37. The molecule has 0 amide bonds. The molecule has 0 aliphatic rings. The summed E-state index contributed by atoms with van der Waals surface area (Å²) in [4.78, 5) is 11.4. The number of rotatable bonds is 6. The molecule has 0 unspecified atom stereocenters. The molecule has 4 heteroatoms. The van der Waals surface area contributed by atoms with E-state index in [0.717, 1.165) is 29.2 Å². The Hall–Kier alpha value is -3.66. The number of hydrogen-bond donors (Lipinski definition) is 2. The summed E-state index contributed by atoms with van der Waals surface area (Å²) in [6, 6.07) is 26.9. The van der Waals surface area contributed by atoms with Gasteiger partial charge in [0.25, 0.3) is 0 Å². The Balaban J connectivity index is 1.42. The second-order valence-corrected chi connectivity index (χ2v) is 7.22. The van der Waals surface area contributed by atoms with Gasteiger partial charge < -0.3 is 9.97 Å². The highest BCUT2D eigenvalue weighted by Gasteiger charge is 2.06. The van der Waals surface area contributed by atoms with Crippen LogP contribution in [0.4, 0.5) is 11.4 Å². The molecule has 4 rings (SSSR count). The summed E-state index contributed by atoms with van der Waals surface area (Å²) in [5.41, 5.74) is 7.79. The van der Waals surface area contributed by atoms with Gasteiger partial charge in [-0.2, -0.15) is 4.58 Å². The lowest BCUT2D eigenvalue weighted by Crippen LogP contribution is -2.01. The summed E-state index contributed by atoms with van der Waals surface area (Å²) in [6.45, 7) is 2.10. The van der Waals surface area contributed by atoms with Crippen molar-refractivity contribution in [1.29, 1.82) is 0 Å². The lowest BCUT2D eigenvalue weighted by Gasteiger charge is -1.97. The molecule has 0 radical (unpaired) electrons. The molecule has 0 saturated carbocycles. The van der Waals surface area contributed by atoms with Crippen molar-refractivity contribution < 1.29 is 4.58 Å². The van der Waals surface area contributed by atoms with Crippen molar-refractivity contribution in [2.24, 2.45) is 4.99 Å². The number of aromatic amines is 2. The lowest BCUT2D eigenvalue weighted by atomic mass is 10.2. The van der Waals surface area contributed by atoms with Crippen molar-refractivity contribution in [2.45, 2.75) is 13.3 Å². The van der Waals surface area contributed by atoms with Gasteiger partial charge in [0.15, 0.2) is 6.21 Å². The van der Waals surface area contributed by atoms with Crippen LogP contribution in [0.5, 0.6) is 0 Å². The molecule has 2 heterocycles. The maximum absolute atomic E-state index is 4.49. The van der Waals surface area contributed by atoms with Gasteiger partial charge in [0.1, 0.15) is 12.7 Å². The van der Waals surface area contributed by atoms with E-state index in [2.05, 4.69) is 88.3 Å². The van der Waals surface area contributed by atoms with Crippen LogP contribution in [0.3, 0.4) is 0 Å². The molecule has 0 aliphatic carbocycles. The van der Waals surface area contributed by atoms with Gasteiger partial charge in [0.2, 0.25) is 5.69 Å². The van der Waals surface area contributed by atoms with Crippen molar-refractivity contribution in [1.82, 2.24) is 9.97 Å². The van der Waals surface area contributed by atoms with Gasteiger partial charge in [0, 0.05) is 29.9 Å². The molecule has 0 fully saturated rings. The minimum Gasteiger partial charge on any atom is -0.357 e. The number of H-pyrrole nitrogens is 2. The third kappa shape index (κ3) is 4.99. The van der Waals surface area contributed by atoms with Crippen LogP contribution in [0.1, 0.15) is 28.3 Å². The fraction of sp³-hybridized carbons (Fsp3) is 0.120. The second kappa shape index (κ2) is 8.57. The maximum Gasteiger partial charge on any atom is 0.205 e. The van der Waals surface area contributed by atoms with Crippen molar-refractivity contribution in [3.63, 3.8) is 0 Å². The van der Waals surface area contributed by atoms with Gasteiger partial charge in [-0.15, -0.1) is 0 Å². The van der Waals surface area contributed by atoms with Crippen LogP contribution in [0.15, 0.2) is 83.9 Å². The first kappa shape index (κ1) is 18.7. The molecule has 29 heavy (non-hydrogen) atoms. The van der Waals surface area contributed by atoms with Gasteiger partial charge >= 0.3 is 0 Å². The van der Waals surface area contributed by atoms with Crippen LogP contribution < -0.4 is 0 Å². The van der Waals surface area contributed by atoms with Crippen LogP contribution in [-0.4, -0.2) is 34.0 Å². The van der Waals surface area contributed by atoms with Gasteiger partial charge in [-0.05, 0) is 43.3 Å². The van der Waals surface area contributed by atoms with Crippen molar-refractivity contribution in [3.05, 3.63) is 107 Å². The molecular weight excluding hydrogens is 356 g/mol. The molecule has 2 aromatic carbocycles. The summed E-state index contributed by atoms with van der Waals surface area (Å²) < 4.78 is 2.13. The quantitative estimate of drug-likeness (QED) is 0.332. The molecule has 2 N–H and O–H groups in total. The average molecular weight is 382 g/mol. The first-order chi connectivity index (χ1) is 14.2. The number of hydrogen-bond acceptors (Lipinski definition) is 1. The number of nitrogens with one attached hydrogen (secondary N) is 2. The normalized spacial score (nSPS) is 12.0. The molecule has 0 saturated heterocycles. The Labute approximate surface area is 171 Å². The SMILES string of the molecule is Cc1ccc([N+](C)=Cc2ccc(Cc3ccc(C=Nc4ccccc4)[nH]3)[nH]2)cc1. The fourth-order valence-corrected chi connectivity index (χ4v) is 3.20. The summed E-state index contributed by atoms with van der Waals surface area (Å²) >= 11 is 0. The van der Waals surface area contributed by atoms with Crippen molar-refractivity contribution >= 4 is 23.8 Å². The molecule has 0 spiro atoms. The summed E-state index contributed by atoms with van der Waals surface area (Å²) in [7, 11) is 2.06. The second-order valence-electron chi connectivity index (χ2n) is 7.22. The highest BCUT2D eigenvalue weighted by Crippen LogP contribution is 2.13. The Morgan fingerprint density at radius 1 is 0.793 bits per heavy atom. The minimum absolute atomic E-state index is 0.821. The Morgan fingerprint density at radius 3 is 2.17 bits per heavy atom. The predicted octanol–water partition coefficient (Wildman–Crippen LogP) is 5.39. The number of para-hydroxylation sites is 1. The first-order valence-corrected chi connectivity index (χ1v) is 9.75. The topological polar surface area (TPSA) is 46.9 Å². The van der Waals surface area contributed by atoms with E-state index in [1.807, 2.05) is 36.5 Å². The highest BCUT2D eigenvalue weighted by atomic mass is 15.0. The molecule has 4 nitrogen and oxygen atoms in total. The largest absolute Gasteiger partial charge is 0.357 e. The van der Waals surface area contributed by atoms with Crippen LogP contribution in [0.2, 0.25) is 0 Å². The van der Waals surface area contributed by atoms with Gasteiger partial charge in [-0.1, -0.05) is 35.9 Å². The lowest BCUT2D eigenvalue weighted by molar-refractivity contribution is -0.399. The molecule has 144 valence electrons. The van der Waals surface area contributed by atoms with Crippen molar-refractivity contribution in [2.75, 3.05) is 7.05 Å². The molecule has 4 aromatic rings. The summed E-state index contributed by atoms with van der Waals surface area (Å²) in [5, 5.41) is 0. The zero-order chi connectivity index (χ0) is 20.1. The Morgan fingerprint density at radius 2 is 1.45 bits per heavy atom. The number of aryl methyl sites for hydroxylation is 1. The van der Waals surface area contributed by atoms with E-state index in [1.165, 1.54) is 16.9 Å². The van der Waals surface area contributed by atoms with Gasteiger partial charge in [-0.3, -0.25) is 4.99 Å². The highest BCUT2D eigenvalue weighted by molar-refractivity contribution is 5.80. The zero-order valence-corrected chi connectivity index (χ0v) is 16.8. The third-order valence-electron chi connectivity index (χ3n) is 4.80. The Kier molecular flexibility index (Phi) is 5.52. The van der Waals surface area contributed by atoms with Crippen LogP contribution >= 0.6 is 0 Å². The predicted molar refractivity (Wildman–Crippen MR) is 120 cm³/mol. The van der Waals surface area contributed by atoms with Gasteiger partial charge in [-0.25, -0.2) is 0 Å². The van der Waals surface area contributed by atoms with E-state index in [1.54, 1.807) is 0 Å². The summed E-state index contributed by atoms with van der Waals surface area (Å²) in [6.07, 6.45) is 4.80. The van der Waals surface area contributed by atoms with E-state index in [-0.39, 0.29) is 0 Å². The van der Waals surface area contributed by atoms with Gasteiger partial charge in [0.05, 0.1) is 17.6 Å². The smallest absolute Gasteiger partial charge is 0.205 e. The molecule has 0 bridgehead atoms. The Bertz CT molecular complexity index is 1130. The van der Waals surface area contributed by atoms with Crippen LogP contribution in [-0.2, 0) is 6.42 Å². The van der Waals surface area contributed by atoms with Crippen molar-refractivity contribution in [3.8, 4) is 0 Å². The minimum atomic E-state index is 0.821. The molecule has 0 aliphatic heterocycles. The number of nitrogens with zero attached hydrogens (tertiary/aromatic N) is 2. The molecule has 0 atom stereocenters. The third-order valence-corrected chi connectivity index (χ3v) is 4.80. The fourth-order valence-electron chi connectivity index (χ4n) is 3.20. The zero-order valence-electron chi connectivity index (χ0n) is 16.8. The van der Waals surface area contributed by atoms with Crippen LogP contribution in [0, 0.1) is 6.92 Å². The van der Waals surface area contributed by atoms with E-state index in [0.29, 0.717) is 0 Å². The molecule has 2 aromatic heterocycles. The maximum atomic E-state index is 4.49. The van der Waals surface area contributed by atoms with E-state index in [4.69, 9.17) is 0 Å². The monoisotopic (exact) mass is 381 g/mol. The summed E-state index contributed by atoms with van der Waals surface area (Å²) in [5.74, 6) is 0. The van der Waals surface area contributed by atoms with E-state index >= 15 is 0 Å². The van der Waals surface area contributed by atoms with E-state index < -0.39 is 0 Å². The van der Waals surface area contributed by atoms with E-state index in [9.17, 15) is 0 Å². The molecular formula is C25H25N4+. The number of aliphatic imine (C=N–C) groups is 1. The number of benzene rings is 2. The first-order valence-electron chi connectivity index (χ1n) is 9.75.